The fourth-order valence-corrected chi connectivity index (χ4v) is 2.17. The first kappa shape index (κ1) is 8.54. The van der Waals surface area contributed by atoms with Gasteiger partial charge in [-0.15, -0.1) is 0 Å². The van der Waals surface area contributed by atoms with Crippen LogP contribution in [0, 0.1) is 5.92 Å². The zero-order valence-electron chi connectivity index (χ0n) is 6.22. The van der Waals surface area contributed by atoms with Crippen LogP contribution in [0.1, 0.15) is 32.1 Å². The van der Waals surface area contributed by atoms with Crippen LogP contribution in [0.5, 0.6) is 0 Å². The summed E-state index contributed by atoms with van der Waals surface area (Å²) in [4.78, 5) is 0. The number of aliphatic hydroxyl groups is 1. The van der Waals surface area contributed by atoms with Gasteiger partial charge in [-0.2, -0.15) is 0 Å². The second-order valence-electron chi connectivity index (χ2n) is 3.12. The van der Waals surface area contributed by atoms with Gasteiger partial charge in [0.1, 0.15) is 0 Å². The zero-order chi connectivity index (χ0) is 7.40. The lowest BCUT2D eigenvalue weighted by Gasteiger charge is -2.24. The van der Waals surface area contributed by atoms with Gasteiger partial charge < -0.3 is 5.11 Å². The number of rotatable bonds is 2. The first-order valence-electron chi connectivity index (χ1n) is 4.08. The molecule has 1 aliphatic carbocycles. The largest absolute Gasteiger partial charge is 0.392 e. The van der Waals surface area contributed by atoms with Crippen molar-refractivity contribution in [2.45, 2.75) is 38.2 Å². The standard InChI is InChI=1S/C8H15BrO/c9-6-8(10)7-4-2-1-3-5-7/h7-8,10H,1-6H2/t8-/m1/s1. The molecule has 0 aromatic rings. The highest BCUT2D eigenvalue weighted by molar-refractivity contribution is 9.09. The van der Waals surface area contributed by atoms with Gasteiger partial charge in [0.2, 0.25) is 0 Å². The molecule has 0 unspecified atom stereocenters. The van der Waals surface area contributed by atoms with Crippen molar-refractivity contribution < 1.29 is 5.11 Å². The molecule has 0 amide bonds. The second kappa shape index (κ2) is 4.35. The first-order chi connectivity index (χ1) is 4.84. The number of halogens is 1. The minimum absolute atomic E-state index is 0.0969. The Balaban J connectivity index is 2.24. The Morgan fingerprint density at radius 1 is 1.30 bits per heavy atom. The molecule has 0 saturated heterocycles. The summed E-state index contributed by atoms with van der Waals surface area (Å²) in [6.07, 6.45) is 6.36. The molecule has 0 spiro atoms. The van der Waals surface area contributed by atoms with E-state index in [0.29, 0.717) is 5.92 Å². The molecule has 0 radical (unpaired) electrons. The average Bonchev–Trinajstić information content (AvgIpc) is 2.05. The summed E-state index contributed by atoms with van der Waals surface area (Å²) < 4.78 is 0. The molecule has 10 heavy (non-hydrogen) atoms. The lowest BCUT2D eigenvalue weighted by molar-refractivity contribution is 0.106. The maximum atomic E-state index is 9.44. The zero-order valence-corrected chi connectivity index (χ0v) is 7.81. The Morgan fingerprint density at radius 3 is 2.40 bits per heavy atom. The number of alkyl halides is 1. The monoisotopic (exact) mass is 206 g/mol. The summed E-state index contributed by atoms with van der Waals surface area (Å²) in [7, 11) is 0. The number of aliphatic hydroxyl groups excluding tert-OH is 1. The van der Waals surface area contributed by atoms with Crippen molar-refractivity contribution in [3.63, 3.8) is 0 Å². The maximum absolute atomic E-state index is 9.44. The Hall–Kier alpha value is 0.440. The van der Waals surface area contributed by atoms with Gasteiger partial charge in [0.15, 0.2) is 0 Å². The highest BCUT2D eigenvalue weighted by Crippen LogP contribution is 2.26. The topological polar surface area (TPSA) is 20.2 Å². The van der Waals surface area contributed by atoms with E-state index >= 15 is 0 Å². The molecule has 60 valence electrons. The van der Waals surface area contributed by atoms with Gasteiger partial charge in [-0.05, 0) is 18.8 Å². The highest BCUT2D eigenvalue weighted by Gasteiger charge is 2.19. The fraction of sp³-hybridized carbons (Fsp3) is 1.00. The number of hydrogen-bond acceptors (Lipinski definition) is 1. The molecule has 1 atom stereocenters. The van der Waals surface area contributed by atoms with Crippen LogP contribution in [-0.4, -0.2) is 16.5 Å². The molecule has 0 aromatic heterocycles. The van der Waals surface area contributed by atoms with E-state index in [2.05, 4.69) is 15.9 Å². The molecule has 1 nitrogen and oxygen atoms in total. The van der Waals surface area contributed by atoms with E-state index in [-0.39, 0.29) is 6.10 Å². The molecule has 0 aromatic carbocycles. The quantitative estimate of drug-likeness (QED) is 0.689. The van der Waals surface area contributed by atoms with Crippen LogP contribution < -0.4 is 0 Å². The van der Waals surface area contributed by atoms with Crippen LogP contribution in [0.4, 0.5) is 0 Å². The molecule has 2 heteroatoms. The van der Waals surface area contributed by atoms with Gasteiger partial charge in [0, 0.05) is 5.33 Å². The van der Waals surface area contributed by atoms with Crippen LogP contribution in [-0.2, 0) is 0 Å². The molecule has 0 bridgehead atoms. The van der Waals surface area contributed by atoms with Crippen molar-refractivity contribution in [2.75, 3.05) is 5.33 Å². The lowest BCUT2D eigenvalue weighted by atomic mass is 9.86. The molecule has 0 aliphatic heterocycles. The molecule has 1 saturated carbocycles. The maximum Gasteiger partial charge on any atom is 0.0665 e. The van der Waals surface area contributed by atoms with Crippen molar-refractivity contribution in [1.29, 1.82) is 0 Å². The van der Waals surface area contributed by atoms with Gasteiger partial charge in [-0.25, -0.2) is 0 Å². The van der Waals surface area contributed by atoms with Crippen molar-refractivity contribution in [1.82, 2.24) is 0 Å². The van der Waals surface area contributed by atoms with Gasteiger partial charge in [-0.1, -0.05) is 35.2 Å². The summed E-state index contributed by atoms with van der Waals surface area (Å²) in [6, 6.07) is 0. The summed E-state index contributed by atoms with van der Waals surface area (Å²) in [5.74, 6) is 0.577. The van der Waals surface area contributed by atoms with E-state index < -0.39 is 0 Å². The van der Waals surface area contributed by atoms with Gasteiger partial charge >= 0.3 is 0 Å². The first-order valence-corrected chi connectivity index (χ1v) is 5.21. The summed E-state index contributed by atoms with van der Waals surface area (Å²) in [6.45, 7) is 0. The molecular weight excluding hydrogens is 192 g/mol. The fourth-order valence-electron chi connectivity index (χ4n) is 1.64. The smallest absolute Gasteiger partial charge is 0.0665 e. The van der Waals surface area contributed by atoms with Crippen LogP contribution in [0.15, 0.2) is 0 Å². The summed E-state index contributed by atoms with van der Waals surface area (Å²) in [5.41, 5.74) is 0. The SMILES string of the molecule is O[C@H](CBr)C1CCCCC1. The Labute approximate surface area is 70.9 Å². The van der Waals surface area contributed by atoms with Crippen molar-refractivity contribution in [3.05, 3.63) is 0 Å². The highest BCUT2D eigenvalue weighted by atomic mass is 79.9. The van der Waals surface area contributed by atoms with E-state index in [1.165, 1.54) is 32.1 Å². The van der Waals surface area contributed by atoms with Crippen LogP contribution in [0.2, 0.25) is 0 Å². The van der Waals surface area contributed by atoms with E-state index in [4.69, 9.17) is 0 Å². The van der Waals surface area contributed by atoms with E-state index in [1.54, 1.807) is 0 Å². The predicted octanol–water partition coefficient (Wildman–Crippen LogP) is 2.32. The minimum atomic E-state index is -0.0969. The summed E-state index contributed by atoms with van der Waals surface area (Å²) in [5, 5.41) is 10.2. The predicted molar refractivity (Wildman–Crippen MR) is 46.4 cm³/mol. The third kappa shape index (κ3) is 2.24. The van der Waals surface area contributed by atoms with Crippen LogP contribution >= 0.6 is 15.9 Å². The van der Waals surface area contributed by atoms with Crippen molar-refractivity contribution in [3.8, 4) is 0 Å². The van der Waals surface area contributed by atoms with Crippen molar-refractivity contribution >= 4 is 15.9 Å². The third-order valence-electron chi connectivity index (χ3n) is 2.35. The van der Waals surface area contributed by atoms with E-state index in [1.807, 2.05) is 0 Å². The van der Waals surface area contributed by atoms with E-state index in [9.17, 15) is 5.11 Å². The Morgan fingerprint density at radius 2 is 1.90 bits per heavy atom. The third-order valence-corrected chi connectivity index (χ3v) is 3.02. The molecule has 1 fully saturated rings. The van der Waals surface area contributed by atoms with Gasteiger partial charge in [0.25, 0.3) is 0 Å². The summed E-state index contributed by atoms with van der Waals surface area (Å²) >= 11 is 3.30. The Bertz CT molecular complexity index is 89.3. The molecule has 1 aliphatic rings. The lowest BCUT2D eigenvalue weighted by Crippen LogP contribution is -2.23. The molecule has 0 heterocycles. The molecular formula is C8H15BrO. The van der Waals surface area contributed by atoms with E-state index in [0.717, 1.165) is 5.33 Å². The Kier molecular flexibility index (Phi) is 3.71. The minimum Gasteiger partial charge on any atom is -0.392 e. The van der Waals surface area contributed by atoms with Gasteiger partial charge in [0.05, 0.1) is 6.10 Å². The van der Waals surface area contributed by atoms with Crippen molar-refractivity contribution in [2.24, 2.45) is 5.92 Å². The average molecular weight is 207 g/mol. The molecule has 1 N–H and O–H groups in total. The van der Waals surface area contributed by atoms with Crippen LogP contribution in [0.3, 0.4) is 0 Å². The second-order valence-corrected chi connectivity index (χ2v) is 3.77. The molecule has 1 rings (SSSR count). The normalized spacial score (nSPS) is 24.6. The number of hydrogen-bond donors (Lipinski definition) is 1. The van der Waals surface area contributed by atoms with Crippen LogP contribution in [0.25, 0.3) is 0 Å². The van der Waals surface area contributed by atoms with Gasteiger partial charge in [-0.3, -0.25) is 0 Å².